The topological polar surface area (TPSA) is 50.2 Å². The fourth-order valence-electron chi connectivity index (χ4n) is 1.48. The largest absolute Gasteiger partial charge is 0.345 e. The maximum atomic E-state index is 11.5. The van der Waals surface area contributed by atoms with Gasteiger partial charge in [-0.3, -0.25) is 9.48 Å². The highest BCUT2D eigenvalue weighted by atomic mass is 35.5. The van der Waals surface area contributed by atoms with Crippen LogP contribution >= 0.6 is 11.6 Å². The van der Waals surface area contributed by atoms with Gasteiger partial charge in [-0.1, -0.05) is 11.6 Å². The summed E-state index contributed by atoms with van der Waals surface area (Å²) in [4.78, 5) is 13.2. The van der Waals surface area contributed by atoms with Crippen LogP contribution in [0.2, 0.25) is 5.15 Å². The lowest BCUT2D eigenvalue weighted by Crippen LogP contribution is -2.35. The van der Waals surface area contributed by atoms with Gasteiger partial charge in [-0.15, -0.1) is 0 Å². The van der Waals surface area contributed by atoms with E-state index in [4.69, 9.17) is 11.6 Å². The van der Waals surface area contributed by atoms with Crippen molar-refractivity contribution in [3.8, 4) is 0 Å². The molecule has 0 aromatic carbocycles. The van der Waals surface area contributed by atoms with Crippen LogP contribution in [0, 0.1) is 6.92 Å². The van der Waals surface area contributed by atoms with E-state index in [-0.39, 0.29) is 5.91 Å². The van der Waals surface area contributed by atoms with Crippen molar-refractivity contribution in [1.82, 2.24) is 20.0 Å². The molecule has 1 amide bonds. The van der Waals surface area contributed by atoms with Crippen molar-refractivity contribution in [3.05, 3.63) is 16.4 Å². The van der Waals surface area contributed by atoms with E-state index in [1.54, 1.807) is 23.7 Å². The van der Waals surface area contributed by atoms with E-state index in [0.29, 0.717) is 24.8 Å². The lowest BCUT2D eigenvalue weighted by Gasteiger charge is -2.14. The maximum absolute atomic E-state index is 11.5. The number of nitrogens with one attached hydrogen (secondary N) is 1. The molecule has 1 rings (SSSR count). The zero-order valence-corrected chi connectivity index (χ0v) is 11.5. The highest BCUT2D eigenvalue weighted by Gasteiger charge is 2.11. The number of carbonyl (C=O) groups excluding carboxylic acids is 1. The molecule has 0 bridgehead atoms. The molecule has 6 heteroatoms. The van der Waals surface area contributed by atoms with Crippen LogP contribution < -0.4 is 5.32 Å². The molecule has 96 valence electrons. The molecular formula is C11H19ClN4O. The molecule has 1 aromatic heterocycles. The van der Waals surface area contributed by atoms with Crippen molar-refractivity contribution in [2.75, 3.05) is 20.1 Å². The molecule has 1 N–H and O–H groups in total. The van der Waals surface area contributed by atoms with Gasteiger partial charge >= 0.3 is 0 Å². The highest BCUT2D eigenvalue weighted by molar-refractivity contribution is 6.30. The minimum atomic E-state index is 0.0742. The summed E-state index contributed by atoms with van der Waals surface area (Å²) in [6.07, 6.45) is 0. The molecule has 0 fully saturated rings. The van der Waals surface area contributed by atoms with Crippen LogP contribution in [-0.2, 0) is 18.4 Å². The van der Waals surface area contributed by atoms with Crippen LogP contribution in [0.5, 0.6) is 0 Å². The number of halogens is 1. The zero-order valence-electron chi connectivity index (χ0n) is 10.7. The molecule has 0 saturated heterocycles. The van der Waals surface area contributed by atoms with E-state index in [1.165, 1.54) is 0 Å². The van der Waals surface area contributed by atoms with E-state index < -0.39 is 0 Å². The first-order valence-corrected chi connectivity index (χ1v) is 5.97. The van der Waals surface area contributed by atoms with Crippen LogP contribution in [0.4, 0.5) is 0 Å². The second kappa shape index (κ2) is 6.02. The van der Waals surface area contributed by atoms with Crippen molar-refractivity contribution in [1.29, 1.82) is 0 Å². The summed E-state index contributed by atoms with van der Waals surface area (Å²) in [6.45, 7) is 5.44. The number of aromatic nitrogens is 2. The number of carbonyl (C=O) groups is 1. The Morgan fingerprint density at radius 2 is 2.24 bits per heavy atom. The van der Waals surface area contributed by atoms with Crippen molar-refractivity contribution in [3.63, 3.8) is 0 Å². The Morgan fingerprint density at radius 3 is 2.71 bits per heavy atom. The molecule has 17 heavy (non-hydrogen) atoms. The molecule has 0 radical (unpaired) electrons. The third kappa shape index (κ3) is 3.44. The Kier molecular flexibility index (Phi) is 4.96. The predicted molar refractivity (Wildman–Crippen MR) is 68.0 cm³/mol. The van der Waals surface area contributed by atoms with Gasteiger partial charge in [0.2, 0.25) is 5.91 Å². The monoisotopic (exact) mass is 258 g/mol. The van der Waals surface area contributed by atoms with Crippen LogP contribution in [0.3, 0.4) is 0 Å². The molecule has 1 aromatic rings. The van der Waals surface area contributed by atoms with Gasteiger partial charge in [-0.25, -0.2) is 0 Å². The number of amides is 1. The van der Waals surface area contributed by atoms with Gasteiger partial charge in [0.25, 0.3) is 0 Å². The number of hydrogen-bond acceptors (Lipinski definition) is 3. The zero-order chi connectivity index (χ0) is 13.0. The first-order chi connectivity index (χ1) is 7.97. The quantitative estimate of drug-likeness (QED) is 0.856. The second-order valence-corrected chi connectivity index (χ2v) is 4.35. The molecule has 0 atom stereocenters. The smallest absolute Gasteiger partial charge is 0.236 e. The summed E-state index contributed by atoms with van der Waals surface area (Å²) in [5.74, 6) is 0.0742. The summed E-state index contributed by atoms with van der Waals surface area (Å²) >= 11 is 6.08. The van der Waals surface area contributed by atoms with Crippen molar-refractivity contribution < 1.29 is 4.79 Å². The summed E-state index contributed by atoms with van der Waals surface area (Å²) in [7, 11) is 3.58. The lowest BCUT2D eigenvalue weighted by atomic mass is 10.2. The van der Waals surface area contributed by atoms with Gasteiger partial charge in [0.15, 0.2) is 0 Å². The average molecular weight is 259 g/mol. The van der Waals surface area contributed by atoms with Gasteiger partial charge < -0.3 is 10.2 Å². The van der Waals surface area contributed by atoms with Crippen molar-refractivity contribution in [2.24, 2.45) is 7.05 Å². The van der Waals surface area contributed by atoms with E-state index in [1.807, 2.05) is 13.8 Å². The van der Waals surface area contributed by atoms with Crippen LogP contribution in [0.1, 0.15) is 18.2 Å². The Hall–Kier alpha value is -1.07. The molecule has 0 spiro atoms. The summed E-state index contributed by atoms with van der Waals surface area (Å²) in [5.41, 5.74) is 1.84. The van der Waals surface area contributed by atoms with E-state index in [0.717, 1.165) is 11.3 Å². The van der Waals surface area contributed by atoms with E-state index in [9.17, 15) is 4.79 Å². The van der Waals surface area contributed by atoms with E-state index in [2.05, 4.69) is 10.4 Å². The van der Waals surface area contributed by atoms with Crippen molar-refractivity contribution in [2.45, 2.75) is 20.4 Å². The Bertz CT molecular complexity index is 402. The summed E-state index contributed by atoms with van der Waals surface area (Å²) in [6, 6.07) is 0. The second-order valence-electron chi connectivity index (χ2n) is 3.99. The summed E-state index contributed by atoms with van der Waals surface area (Å²) in [5, 5.41) is 7.91. The fraction of sp³-hybridized carbons (Fsp3) is 0.636. The Labute approximate surface area is 107 Å². The Morgan fingerprint density at radius 1 is 1.59 bits per heavy atom. The molecule has 0 aliphatic rings. The van der Waals surface area contributed by atoms with Gasteiger partial charge in [0.1, 0.15) is 5.15 Å². The number of likely N-dealkylation sites (N-methyl/N-ethyl adjacent to an activating group) is 1. The molecule has 0 aliphatic heterocycles. The number of rotatable bonds is 5. The minimum absolute atomic E-state index is 0.0742. The minimum Gasteiger partial charge on any atom is -0.345 e. The van der Waals surface area contributed by atoms with Crippen molar-refractivity contribution >= 4 is 17.5 Å². The van der Waals surface area contributed by atoms with Gasteiger partial charge in [-0.2, -0.15) is 5.10 Å². The molecule has 0 unspecified atom stereocenters. The first kappa shape index (κ1) is 14.0. The summed E-state index contributed by atoms with van der Waals surface area (Å²) < 4.78 is 1.63. The van der Waals surface area contributed by atoms with Crippen LogP contribution in [0.25, 0.3) is 0 Å². The highest BCUT2D eigenvalue weighted by Crippen LogP contribution is 2.17. The van der Waals surface area contributed by atoms with E-state index >= 15 is 0 Å². The maximum Gasteiger partial charge on any atom is 0.236 e. The van der Waals surface area contributed by atoms with Gasteiger partial charge in [0.05, 0.1) is 12.2 Å². The van der Waals surface area contributed by atoms with Gasteiger partial charge in [0, 0.05) is 32.7 Å². The molecular weight excluding hydrogens is 240 g/mol. The molecule has 0 aliphatic carbocycles. The van der Waals surface area contributed by atoms with Crippen LogP contribution in [-0.4, -0.2) is 40.7 Å². The normalized spacial score (nSPS) is 10.6. The molecule has 5 nitrogen and oxygen atoms in total. The van der Waals surface area contributed by atoms with Gasteiger partial charge in [-0.05, 0) is 13.8 Å². The predicted octanol–water partition coefficient (Wildman–Crippen LogP) is 0.950. The number of aryl methyl sites for hydroxylation is 2. The first-order valence-electron chi connectivity index (χ1n) is 5.60. The SMILES string of the molecule is CCN(C)C(=O)CNCc1c(C)nn(C)c1Cl. The Balaban J connectivity index is 2.49. The third-order valence-corrected chi connectivity index (χ3v) is 3.22. The standard InChI is InChI=1S/C11H19ClN4O/c1-5-15(3)10(17)7-13-6-9-8(2)14-16(4)11(9)12/h13H,5-7H2,1-4H3. The number of nitrogens with zero attached hydrogens (tertiary/aromatic N) is 3. The fourth-order valence-corrected chi connectivity index (χ4v) is 1.72. The average Bonchev–Trinajstić information content (AvgIpc) is 2.54. The number of hydrogen-bond donors (Lipinski definition) is 1. The molecule has 0 saturated carbocycles. The molecule has 1 heterocycles. The lowest BCUT2D eigenvalue weighted by molar-refractivity contribution is -0.128. The third-order valence-electron chi connectivity index (χ3n) is 2.75. The van der Waals surface area contributed by atoms with Crippen LogP contribution in [0.15, 0.2) is 0 Å².